The third-order valence-electron chi connectivity index (χ3n) is 3.41. The predicted molar refractivity (Wildman–Crippen MR) is 89.5 cm³/mol. The fraction of sp³-hybridized carbons (Fsp3) is 0.222. The Morgan fingerprint density at radius 1 is 1.09 bits per heavy atom. The van der Waals surface area contributed by atoms with E-state index in [2.05, 4.69) is 10.6 Å². The summed E-state index contributed by atoms with van der Waals surface area (Å²) < 4.78 is 0. The van der Waals surface area contributed by atoms with E-state index in [9.17, 15) is 14.7 Å². The van der Waals surface area contributed by atoms with Gasteiger partial charge in [0, 0.05) is 17.8 Å². The SMILES string of the molecule is CC(=O)c1cccc(NC(=O)NCC[C@@H](O)c2ccccc2)c1. The molecule has 0 heterocycles. The van der Waals surface area contributed by atoms with Crippen LogP contribution in [0.25, 0.3) is 0 Å². The highest BCUT2D eigenvalue weighted by molar-refractivity contribution is 5.96. The summed E-state index contributed by atoms with van der Waals surface area (Å²) in [4.78, 5) is 23.1. The minimum atomic E-state index is -0.613. The number of amides is 2. The summed E-state index contributed by atoms with van der Waals surface area (Å²) in [5, 5.41) is 15.4. The lowest BCUT2D eigenvalue weighted by Crippen LogP contribution is -2.30. The summed E-state index contributed by atoms with van der Waals surface area (Å²) in [7, 11) is 0. The van der Waals surface area contributed by atoms with Crippen LogP contribution in [0.15, 0.2) is 54.6 Å². The molecule has 5 nitrogen and oxygen atoms in total. The number of rotatable bonds is 6. The van der Waals surface area contributed by atoms with E-state index >= 15 is 0 Å². The number of urea groups is 1. The number of hydrogen-bond acceptors (Lipinski definition) is 3. The van der Waals surface area contributed by atoms with Crippen LogP contribution in [0.3, 0.4) is 0 Å². The molecule has 1 atom stereocenters. The second-order valence-corrected chi connectivity index (χ2v) is 5.23. The standard InChI is InChI=1S/C18H20N2O3/c1-13(21)15-8-5-9-16(12-15)20-18(23)19-11-10-17(22)14-6-3-2-4-7-14/h2-9,12,17,22H,10-11H2,1H3,(H2,19,20,23)/t17-/m1/s1. The van der Waals surface area contributed by atoms with Crippen molar-refractivity contribution in [2.75, 3.05) is 11.9 Å². The number of carbonyl (C=O) groups excluding carboxylic acids is 2. The molecule has 3 N–H and O–H groups in total. The first-order valence-electron chi connectivity index (χ1n) is 7.45. The van der Waals surface area contributed by atoms with Crippen molar-refractivity contribution in [3.8, 4) is 0 Å². The van der Waals surface area contributed by atoms with Crippen molar-refractivity contribution in [2.45, 2.75) is 19.4 Å². The molecule has 2 rings (SSSR count). The van der Waals surface area contributed by atoms with Gasteiger partial charge in [0.05, 0.1) is 6.10 Å². The van der Waals surface area contributed by atoms with Crippen molar-refractivity contribution in [1.82, 2.24) is 5.32 Å². The molecule has 0 fully saturated rings. The quantitative estimate of drug-likeness (QED) is 0.717. The number of aliphatic hydroxyl groups is 1. The number of anilines is 1. The molecular formula is C18H20N2O3. The summed E-state index contributed by atoms with van der Waals surface area (Å²) in [6, 6.07) is 15.7. The van der Waals surface area contributed by atoms with Crippen molar-refractivity contribution < 1.29 is 14.7 Å². The normalized spacial score (nSPS) is 11.6. The summed E-state index contributed by atoms with van der Waals surface area (Å²) in [5.74, 6) is -0.0555. The van der Waals surface area contributed by atoms with Gasteiger partial charge in [0.1, 0.15) is 0 Å². The minimum Gasteiger partial charge on any atom is -0.388 e. The summed E-state index contributed by atoms with van der Waals surface area (Å²) in [6.07, 6.45) is -0.192. The molecule has 0 aliphatic carbocycles. The van der Waals surface area contributed by atoms with Crippen LogP contribution in [0.1, 0.15) is 35.4 Å². The van der Waals surface area contributed by atoms with E-state index in [1.165, 1.54) is 6.92 Å². The molecule has 0 aromatic heterocycles. The Morgan fingerprint density at radius 2 is 1.83 bits per heavy atom. The predicted octanol–water partition coefficient (Wildman–Crippen LogP) is 3.13. The summed E-state index contributed by atoms with van der Waals surface area (Å²) in [5.41, 5.74) is 1.92. The zero-order valence-corrected chi connectivity index (χ0v) is 13.0. The highest BCUT2D eigenvalue weighted by Gasteiger charge is 2.08. The molecule has 5 heteroatoms. The highest BCUT2D eigenvalue weighted by Crippen LogP contribution is 2.15. The Labute approximate surface area is 135 Å². The molecule has 0 bridgehead atoms. The van der Waals surface area contributed by atoms with Gasteiger partial charge < -0.3 is 15.7 Å². The van der Waals surface area contributed by atoms with Gasteiger partial charge in [-0.2, -0.15) is 0 Å². The molecule has 0 spiro atoms. The third kappa shape index (κ3) is 5.23. The molecule has 23 heavy (non-hydrogen) atoms. The van der Waals surface area contributed by atoms with Crippen LogP contribution in [0.4, 0.5) is 10.5 Å². The monoisotopic (exact) mass is 312 g/mol. The van der Waals surface area contributed by atoms with Crippen LogP contribution in [0, 0.1) is 0 Å². The maximum absolute atomic E-state index is 11.8. The van der Waals surface area contributed by atoms with Gasteiger partial charge in [-0.25, -0.2) is 4.79 Å². The topological polar surface area (TPSA) is 78.4 Å². The van der Waals surface area contributed by atoms with Crippen LogP contribution in [0.5, 0.6) is 0 Å². The number of hydrogen-bond donors (Lipinski definition) is 3. The largest absolute Gasteiger partial charge is 0.388 e. The molecule has 0 radical (unpaired) electrons. The molecule has 2 amide bonds. The first-order chi connectivity index (χ1) is 11.1. The molecule has 0 unspecified atom stereocenters. The highest BCUT2D eigenvalue weighted by atomic mass is 16.3. The van der Waals surface area contributed by atoms with Crippen LogP contribution < -0.4 is 10.6 Å². The molecule has 0 aliphatic rings. The van der Waals surface area contributed by atoms with Crippen molar-refractivity contribution in [2.24, 2.45) is 0 Å². The Kier molecular flexibility index (Phi) is 5.88. The zero-order valence-electron chi connectivity index (χ0n) is 13.0. The second kappa shape index (κ2) is 8.10. The van der Waals surface area contributed by atoms with Gasteiger partial charge in [0.2, 0.25) is 0 Å². The van der Waals surface area contributed by atoms with Crippen molar-refractivity contribution in [3.05, 3.63) is 65.7 Å². The number of Topliss-reactive ketones (excluding diaryl/α,β-unsaturated/α-hetero) is 1. The van der Waals surface area contributed by atoms with Crippen molar-refractivity contribution in [3.63, 3.8) is 0 Å². The van der Waals surface area contributed by atoms with E-state index in [4.69, 9.17) is 0 Å². The molecule has 2 aromatic rings. The zero-order chi connectivity index (χ0) is 16.7. The maximum Gasteiger partial charge on any atom is 0.319 e. The number of aliphatic hydroxyl groups excluding tert-OH is 1. The molecule has 120 valence electrons. The Morgan fingerprint density at radius 3 is 2.52 bits per heavy atom. The number of benzene rings is 2. The molecular weight excluding hydrogens is 292 g/mol. The van der Waals surface area contributed by atoms with Gasteiger partial charge in [-0.05, 0) is 31.0 Å². The summed E-state index contributed by atoms with van der Waals surface area (Å²) in [6.45, 7) is 1.82. The average Bonchev–Trinajstić information content (AvgIpc) is 2.55. The number of nitrogens with one attached hydrogen (secondary N) is 2. The van der Waals surface area contributed by atoms with Crippen molar-refractivity contribution >= 4 is 17.5 Å². The first kappa shape index (κ1) is 16.7. The fourth-order valence-corrected chi connectivity index (χ4v) is 2.16. The molecule has 0 saturated carbocycles. The van der Waals surface area contributed by atoms with E-state index in [0.29, 0.717) is 24.2 Å². The van der Waals surface area contributed by atoms with E-state index in [-0.39, 0.29) is 11.8 Å². The summed E-state index contributed by atoms with van der Waals surface area (Å²) >= 11 is 0. The van der Waals surface area contributed by atoms with Crippen LogP contribution in [0.2, 0.25) is 0 Å². The smallest absolute Gasteiger partial charge is 0.319 e. The van der Waals surface area contributed by atoms with Gasteiger partial charge in [-0.1, -0.05) is 42.5 Å². The van der Waals surface area contributed by atoms with Crippen molar-refractivity contribution in [1.29, 1.82) is 0 Å². The van der Waals surface area contributed by atoms with Gasteiger partial charge in [0.25, 0.3) is 0 Å². The first-order valence-corrected chi connectivity index (χ1v) is 7.45. The van der Waals surface area contributed by atoms with Gasteiger partial charge >= 0.3 is 6.03 Å². The number of ketones is 1. The Bertz CT molecular complexity index is 671. The molecule has 0 aliphatic heterocycles. The van der Waals surface area contributed by atoms with Crippen LogP contribution in [-0.4, -0.2) is 23.5 Å². The average molecular weight is 312 g/mol. The van der Waals surface area contributed by atoms with Crippen LogP contribution in [-0.2, 0) is 0 Å². The lowest BCUT2D eigenvalue weighted by molar-refractivity contribution is 0.101. The molecule has 2 aromatic carbocycles. The van der Waals surface area contributed by atoms with Crippen LogP contribution >= 0.6 is 0 Å². The Balaban J connectivity index is 1.79. The second-order valence-electron chi connectivity index (χ2n) is 5.23. The number of carbonyl (C=O) groups is 2. The van der Waals surface area contributed by atoms with Gasteiger partial charge in [-0.3, -0.25) is 4.79 Å². The van der Waals surface area contributed by atoms with Gasteiger partial charge in [-0.15, -0.1) is 0 Å². The minimum absolute atomic E-state index is 0.0555. The van der Waals surface area contributed by atoms with Gasteiger partial charge in [0.15, 0.2) is 5.78 Å². The van der Waals surface area contributed by atoms with E-state index in [1.807, 2.05) is 30.3 Å². The molecule has 0 saturated heterocycles. The lowest BCUT2D eigenvalue weighted by Gasteiger charge is -2.12. The fourth-order valence-electron chi connectivity index (χ4n) is 2.16. The maximum atomic E-state index is 11.8. The van der Waals surface area contributed by atoms with E-state index < -0.39 is 6.10 Å². The van der Waals surface area contributed by atoms with E-state index in [1.54, 1.807) is 24.3 Å². The Hall–Kier alpha value is -2.66. The lowest BCUT2D eigenvalue weighted by atomic mass is 10.1. The van der Waals surface area contributed by atoms with E-state index in [0.717, 1.165) is 5.56 Å². The third-order valence-corrected chi connectivity index (χ3v) is 3.41.